The van der Waals surface area contributed by atoms with E-state index in [9.17, 15) is 30.3 Å². The third-order valence-electron chi connectivity index (χ3n) is 7.70. The van der Waals surface area contributed by atoms with Crippen LogP contribution in [-0.4, -0.2) is 87.1 Å². The molecule has 0 amide bonds. The third-order valence-corrected chi connectivity index (χ3v) is 7.70. The van der Waals surface area contributed by atoms with E-state index in [1.165, 1.54) is 0 Å². The van der Waals surface area contributed by atoms with Crippen molar-refractivity contribution < 1.29 is 44.5 Å². The van der Waals surface area contributed by atoms with E-state index in [4.69, 9.17) is 14.2 Å². The highest BCUT2D eigenvalue weighted by atomic mass is 16.7. The second kappa shape index (κ2) is 8.12. The summed E-state index contributed by atoms with van der Waals surface area (Å²) in [5, 5.41) is 50.4. The summed E-state index contributed by atoms with van der Waals surface area (Å²) in [5.41, 5.74) is 0.886. The smallest absolute Gasteiger partial charge is 0.309 e. The van der Waals surface area contributed by atoms with Crippen molar-refractivity contribution in [2.24, 2.45) is 29.6 Å². The number of aliphatic hydroxyl groups excluding tert-OH is 5. The van der Waals surface area contributed by atoms with Gasteiger partial charge in [0.25, 0.3) is 0 Å². The van der Waals surface area contributed by atoms with E-state index in [-0.39, 0.29) is 35.7 Å². The van der Waals surface area contributed by atoms with E-state index < -0.39 is 55.4 Å². The fourth-order valence-corrected chi connectivity index (χ4v) is 5.94. The summed E-state index contributed by atoms with van der Waals surface area (Å²) in [6.45, 7) is 7.40. The molecule has 0 aromatic heterocycles. The van der Waals surface area contributed by atoms with Crippen LogP contribution in [0.2, 0.25) is 0 Å². The van der Waals surface area contributed by atoms with Crippen LogP contribution in [0.15, 0.2) is 12.2 Å². The van der Waals surface area contributed by atoms with Gasteiger partial charge in [0.2, 0.25) is 0 Å². The highest BCUT2D eigenvalue weighted by molar-refractivity contribution is 5.75. The Bertz CT molecular complexity index is 681. The molecule has 0 radical (unpaired) electrons. The van der Waals surface area contributed by atoms with Gasteiger partial charge < -0.3 is 39.7 Å². The summed E-state index contributed by atoms with van der Waals surface area (Å²) >= 11 is 0. The number of carbonyl (C=O) groups excluding carboxylic acids is 1. The van der Waals surface area contributed by atoms with Crippen molar-refractivity contribution in [1.82, 2.24) is 0 Å². The van der Waals surface area contributed by atoms with Crippen molar-refractivity contribution in [3.8, 4) is 0 Å². The van der Waals surface area contributed by atoms with Crippen molar-refractivity contribution in [1.29, 1.82) is 0 Å². The molecule has 0 aromatic rings. The summed E-state index contributed by atoms with van der Waals surface area (Å²) in [7, 11) is 0. The van der Waals surface area contributed by atoms with Gasteiger partial charge in [0.1, 0.15) is 30.5 Å². The summed E-state index contributed by atoms with van der Waals surface area (Å²) < 4.78 is 17.2. The Balaban J connectivity index is 1.54. The normalized spacial score (nSPS) is 53.8. The Kier molecular flexibility index (Phi) is 6.00. The van der Waals surface area contributed by atoms with E-state index in [1.807, 2.05) is 6.92 Å². The van der Waals surface area contributed by atoms with Crippen LogP contribution in [0.4, 0.5) is 0 Å². The van der Waals surface area contributed by atoms with Crippen molar-refractivity contribution in [2.75, 3.05) is 6.61 Å². The number of rotatable bonds is 3. The molecule has 13 atom stereocenters. The molecule has 0 bridgehead atoms. The molecule has 0 spiro atoms. The predicted octanol–water partition coefficient (Wildman–Crippen LogP) is -1.06. The molecule has 2 aliphatic carbocycles. The Hall–Kier alpha value is -1.07. The van der Waals surface area contributed by atoms with Gasteiger partial charge in [-0.3, -0.25) is 4.79 Å². The zero-order valence-corrected chi connectivity index (χ0v) is 17.2. The molecule has 4 fully saturated rings. The van der Waals surface area contributed by atoms with Gasteiger partial charge in [-0.15, -0.1) is 0 Å². The molecule has 5 N–H and O–H groups in total. The second-order valence-corrected chi connectivity index (χ2v) is 9.35. The van der Waals surface area contributed by atoms with Gasteiger partial charge in [-0.05, 0) is 24.7 Å². The predicted molar refractivity (Wildman–Crippen MR) is 102 cm³/mol. The number of aliphatic hydroxyl groups is 5. The topological polar surface area (TPSA) is 146 Å². The molecule has 0 aromatic carbocycles. The summed E-state index contributed by atoms with van der Waals surface area (Å²) in [6, 6.07) is 0. The lowest BCUT2D eigenvalue weighted by atomic mass is 9.77. The Morgan fingerprint density at radius 3 is 2.47 bits per heavy atom. The number of fused-ring (bicyclic) bond motifs is 3. The third kappa shape index (κ3) is 3.40. The molecule has 2 heterocycles. The second-order valence-electron chi connectivity index (χ2n) is 9.35. The molecule has 170 valence electrons. The van der Waals surface area contributed by atoms with Crippen molar-refractivity contribution in [3.63, 3.8) is 0 Å². The molecule has 9 heteroatoms. The highest BCUT2D eigenvalue weighted by Gasteiger charge is 2.59. The number of ether oxygens (including phenoxy) is 3. The molecule has 2 saturated carbocycles. The van der Waals surface area contributed by atoms with Crippen LogP contribution in [0.5, 0.6) is 0 Å². The largest absolute Gasteiger partial charge is 0.461 e. The summed E-state index contributed by atoms with van der Waals surface area (Å²) in [4.78, 5) is 12.2. The van der Waals surface area contributed by atoms with Gasteiger partial charge in [0.05, 0.1) is 24.7 Å². The maximum Gasteiger partial charge on any atom is 0.309 e. The van der Waals surface area contributed by atoms with E-state index in [2.05, 4.69) is 6.58 Å². The minimum atomic E-state index is -1.51. The standard InChI is InChI=1S/C21H32O9/c1-7-4-11(23)15-9(3)20(27)30-19(15)14-8(2)12(5-10(7)14)28-21-18(26)17(25)16(24)13(6-22)29-21/h8-19,21-26H,1,4-6H2,2-3H3/t8-,9+,10+,11+,12+,13-,14+,15-,16-,17+,18-,19-,21-/m1/s1. The highest BCUT2D eigenvalue weighted by Crippen LogP contribution is 2.53. The van der Waals surface area contributed by atoms with E-state index in [0.29, 0.717) is 12.8 Å². The van der Waals surface area contributed by atoms with Gasteiger partial charge in [0.15, 0.2) is 6.29 Å². The van der Waals surface area contributed by atoms with Crippen LogP contribution in [0.25, 0.3) is 0 Å². The molecular weight excluding hydrogens is 396 g/mol. The fourth-order valence-electron chi connectivity index (χ4n) is 5.94. The van der Waals surface area contributed by atoms with Crippen molar-refractivity contribution in [2.45, 2.75) is 75.7 Å². The Morgan fingerprint density at radius 2 is 1.80 bits per heavy atom. The average Bonchev–Trinajstić information content (AvgIpc) is 3.15. The van der Waals surface area contributed by atoms with Crippen LogP contribution in [0.1, 0.15) is 26.7 Å². The minimum Gasteiger partial charge on any atom is -0.461 e. The molecule has 2 aliphatic heterocycles. The van der Waals surface area contributed by atoms with Gasteiger partial charge in [-0.2, -0.15) is 0 Å². The van der Waals surface area contributed by atoms with Crippen LogP contribution in [0, 0.1) is 29.6 Å². The summed E-state index contributed by atoms with van der Waals surface area (Å²) in [5.74, 6) is -1.23. The number of hydrogen-bond acceptors (Lipinski definition) is 9. The number of hydrogen-bond donors (Lipinski definition) is 5. The molecule has 0 unspecified atom stereocenters. The van der Waals surface area contributed by atoms with Gasteiger partial charge in [0, 0.05) is 11.8 Å². The first kappa shape index (κ1) is 22.1. The maximum atomic E-state index is 12.2. The average molecular weight is 428 g/mol. The molecule has 4 aliphatic rings. The quantitative estimate of drug-likeness (QED) is 0.280. The zero-order valence-electron chi connectivity index (χ0n) is 17.2. The van der Waals surface area contributed by atoms with Crippen LogP contribution >= 0.6 is 0 Å². The lowest BCUT2D eigenvalue weighted by molar-refractivity contribution is -0.313. The van der Waals surface area contributed by atoms with Gasteiger partial charge in [-0.25, -0.2) is 0 Å². The Morgan fingerprint density at radius 1 is 1.10 bits per heavy atom. The minimum absolute atomic E-state index is 0.0300. The maximum absolute atomic E-state index is 12.2. The lowest BCUT2D eigenvalue weighted by Crippen LogP contribution is -2.59. The Labute approximate surface area is 175 Å². The number of carbonyl (C=O) groups is 1. The zero-order chi connectivity index (χ0) is 21.9. The lowest BCUT2D eigenvalue weighted by Gasteiger charge is -2.41. The monoisotopic (exact) mass is 428 g/mol. The SMILES string of the molecule is C=C1C[C@H](O)[C@@H]2[C@H](OC(=O)[C@H]2C)[C@H]2[C@H](C)[C@@H](O[C@@H]3O[C@H](CO)[C@@H](O)[C@H](O)[C@H]3O)C[C@@H]12. The number of esters is 1. The molecule has 9 nitrogen and oxygen atoms in total. The van der Waals surface area contributed by atoms with Crippen molar-refractivity contribution in [3.05, 3.63) is 12.2 Å². The van der Waals surface area contributed by atoms with Crippen LogP contribution < -0.4 is 0 Å². The van der Waals surface area contributed by atoms with Gasteiger partial charge >= 0.3 is 5.97 Å². The van der Waals surface area contributed by atoms with E-state index in [0.717, 1.165) is 5.57 Å². The van der Waals surface area contributed by atoms with Crippen LogP contribution in [-0.2, 0) is 19.0 Å². The van der Waals surface area contributed by atoms with Gasteiger partial charge in [-0.1, -0.05) is 26.0 Å². The van der Waals surface area contributed by atoms with E-state index in [1.54, 1.807) is 6.92 Å². The van der Waals surface area contributed by atoms with Crippen LogP contribution in [0.3, 0.4) is 0 Å². The van der Waals surface area contributed by atoms with Crippen molar-refractivity contribution >= 4 is 5.97 Å². The molecule has 4 rings (SSSR count). The summed E-state index contributed by atoms with van der Waals surface area (Å²) in [6.07, 6.45) is -7.25. The fraction of sp³-hybridized carbons (Fsp3) is 0.857. The first-order valence-electron chi connectivity index (χ1n) is 10.7. The molecular formula is C21H32O9. The first-order chi connectivity index (χ1) is 14.1. The molecule has 30 heavy (non-hydrogen) atoms. The first-order valence-corrected chi connectivity index (χ1v) is 10.7. The molecule has 2 saturated heterocycles. The van der Waals surface area contributed by atoms with E-state index >= 15 is 0 Å².